The molecule has 0 aliphatic carbocycles. The molecule has 1 aromatic rings. The fourth-order valence-electron chi connectivity index (χ4n) is 2.64. The summed E-state index contributed by atoms with van der Waals surface area (Å²) in [4.78, 5) is 2.51. The summed E-state index contributed by atoms with van der Waals surface area (Å²) >= 11 is 3.70. The van der Waals surface area contributed by atoms with E-state index in [0.29, 0.717) is 6.04 Å². The van der Waals surface area contributed by atoms with E-state index in [9.17, 15) is 0 Å². The van der Waals surface area contributed by atoms with Crippen LogP contribution in [-0.4, -0.2) is 20.1 Å². The van der Waals surface area contributed by atoms with E-state index in [0.717, 1.165) is 5.92 Å². The third-order valence-electron chi connectivity index (χ3n) is 3.91. The van der Waals surface area contributed by atoms with Gasteiger partial charge in [-0.3, -0.25) is 0 Å². The van der Waals surface area contributed by atoms with Crippen LogP contribution in [0.2, 0.25) is 0 Å². The number of piperidine rings is 1. The topological polar surface area (TPSA) is 15.3 Å². The molecule has 1 aliphatic heterocycles. The molecule has 100 valence electrons. The summed E-state index contributed by atoms with van der Waals surface area (Å²) < 4.78 is 1.21. The Morgan fingerprint density at radius 2 is 2.22 bits per heavy atom. The lowest BCUT2D eigenvalue weighted by Crippen LogP contribution is -2.34. The van der Waals surface area contributed by atoms with Gasteiger partial charge < -0.3 is 10.2 Å². The van der Waals surface area contributed by atoms with Gasteiger partial charge in [0.05, 0.1) is 0 Å². The van der Waals surface area contributed by atoms with Crippen LogP contribution < -0.4 is 10.2 Å². The minimum atomic E-state index is 0.383. The number of hydrogen-bond donors (Lipinski definition) is 1. The summed E-state index contributed by atoms with van der Waals surface area (Å²) in [6.07, 6.45) is 2.68. The van der Waals surface area contributed by atoms with Crippen LogP contribution in [0.15, 0.2) is 22.7 Å². The molecule has 2 atom stereocenters. The van der Waals surface area contributed by atoms with Gasteiger partial charge in [0.15, 0.2) is 0 Å². The zero-order valence-corrected chi connectivity index (χ0v) is 13.1. The molecule has 2 unspecified atom stereocenters. The molecule has 0 bridgehead atoms. The highest BCUT2D eigenvalue weighted by molar-refractivity contribution is 9.10. The van der Waals surface area contributed by atoms with Gasteiger partial charge in [-0.2, -0.15) is 0 Å². The fourth-order valence-corrected chi connectivity index (χ4v) is 3.35. The number of nitrogens with one attached hydrogen (secondary N) is 1. The minimum absolute atomic E-state index is 0.383. The van der Waals surface area contributed by atoms with Crippen LogP contribution in [0.25, 0.3) is 0 Å². The summed E-state index contributed by atoms with van der Waals surface area (Å²) in [7, 11) is 2.00. The number of nitrogens with zero attached hydrogens (tertiary/aromatic N) is 1. The smallest absolute Gasteiger partial charge is 0.0377 e. The number of rotatable bonds is 3. The van der Waals surface area contributed by atoms with Gasteiger partial charge in [-0.05, 0) is 50.4 Å². The first-order valence-corrected chi connectivity index (χ1v) is 7.62. The average Bonchev–Trinajstić information content (AvgIpc) is 2.37. The van der Waals surface area contributed by atoms with Crippen LogP contribution in [-0.2, 0) is 0 Å². The first-order chi connectivity index (χ1) is 8.61. The largest absolute Gasteiger partial charge is 0.371 e. The molecule has 1 aliphatic rings. The summed E-state index contributed by atoms with van der Waals surface area (Å²) in [6.45, 7) is 6.91. The molecule has 1 aromatic carbocycles. The molecular weight excluding hydrogens is 288 g/mol. The molecule has 1 heterocycles. The monoisotopic (exact) mass is 310 g/mol. The molecule has 0 spiro atoms. The number of halogens is 1. The Labute approximate surface area is 119 Å². The third kappa shape index (κ3) is 3.07. The molecule has 3 heteroatoms. The predicted molar refractivity (Wildman–Crippen MR) is 82.2 cm³/mol. The molecule has 1 N–H and O–H groups in total. The van der Waals surface area contributed by atoms with Crippen LogP contribution in [0.3, 0.4) is 0 Å². The second-order valence-corrected chi connectivity index (χ2v) is 6.26. The zero-order valence-electron chi connectivity index (χ0n) is 11.5. The normalized spacial score (nSPS) is 22.0. The highest BCUT2D eigenvalue weighted by Crippen LogP contribution is 2.30. The van der Waals surface area contributed by atoms with E-state index in [-0.39, 0.29) is 0 Å². The Kier molecular flexibility index (Phi) is 4.68. The second kappa shape index (κ2) is 6.07. The van der Waals surface area contributed by atoms with Gasteiger partial charge in [-0.1, -0.05) is 28.9 Å². The number of hydrogen-bond acceptors (Lipinski definition) is 2. The van der Waals surface area contributed by atoms with Crippen molar-refractivity contribution in [2.24, 2.45) is 5.92 Å². The van der Waals surface area contributed by atoms with Gasteiger partial charge in [0.2, 0.25) is 0 Å². The van der Waals surface area contributed by atoms with Gasteiger partial charge in [-0.15, -0.1) is 0 Å². The number of benzene rings is 1. The first kappa shape index (κ1) is 13.9. The maximum Gasteiger partial charge on any atom is 0.0377 e. The van der Waals surface area contributed by atoms with Crippen LogP contribution in [0.1, 0.15) is 38.3 Å². The van der Waals surface area contributed by atoms with E-state index in [1.165, 1.54) is 41.7 Å². The predicted octanol–water partition coefficient (Wildman–Crippen LogP) is 3.97. The van der Waals surface area contributed by atoms with Crippen molar-refractivity contribution in [1.29, 1.82) is 0 Å². The Balaban J connectivity index is 2.17. The van der Waals surface area contributed by atoms with Crippen LogP contribution in [0.5, 0.6) is 0 Å². The molecule has 1 saturated heterocycles. The van der Waals surface area contributed by atoms with E-state index < -0.39 is 0 Å². The summed E-state index contributed by atoms with van der Waals surface area (Å²) in [6, 6.07) is 7.14. The molecule has 2 rings (SSSR count). The molecular formula is C15H23BrN2. The van der Waals surface area contributed by atoms with Gasteiger partial charge in [0.1, 0.15) is 0 Å². The highest BCUT2D eigenvalue weighted by atomic mass is 79.9. The maximum atomic E-state index is 3.70. The third-order valence-corrected chi connectivity index (χ3v) is 4.59. The standard InChI is InChI=1S/C15H23BrN2/c1-11-5-4-8-18(10-11)13-6-7-14(12(2)17-3)15(16)9-13/h6-7,9,11-12,17H,4-5,8,10H2,1-3H3. The Morgan fingerprint density at radius 1 is 1.44 bits per heavy atom. The Hall–Kier alpha value is -0.540. The molecule has 0 saturated carbocycles. The summed E-state index contributed by atoms with van der Waals surface area (Å²) in [5.74, 6) is 0.813. The zero-order chi connectivity index (χ0) is 13.1. The van der Waals surface area contributed by atoms with Gasteiger partial charge in [-0.25, -0.2) is 0 Å². The maximum absolute atomic E-state index is 3.70. The van der Waals surface area contributed by atoms with Crippen molar-refractivity contribution in [3.8, 4) is 0 Å². The van der Waals surface area contributed by atoms with Gasteiger partial charge in [0, 0.05) is 29.3 Å². The molecule has 18 heavy (non-hydrogen) atoms. The lowest BCUT2D eigenvalue weighted by Gasteiger charge is -2.33. The minimum Gasteiger partial charge on any atom is -0.371 e. The molecule has 0 aromatic heterocycles. The van der Waals surface area contributed by atoms with Crippen molar-refractivity contribution in [3.63, 3.8) is 0 Å². The fraction of sp³-hybridized carbons (Fsp3) is 0.600. The number of anilines is 1. The van der Waals surface area contributed by atoms with Crippen LogP contribution in [0, 0.1) is 5.92 Å². The summed E-state index contributed by atoms with van der Waals surface area (Å²) in [5, 5.41) is 3.28. The SMILES string of the molecule is CNC(C)c1ccc(N2CCCC(C)C2)cc1Br. The molecule has 0 radical (unpaired) electrons. The van der Waals surface area contributed by atoms with Gasteiger partial charge >= 0.3 is 0 Å². The first-order valence-electron chi connectivity index (χ1n) is 6.83. The van der Waals surface area contributed by atoms with Crippen molar-refractivity contribution in [3.05, 3.63) is 28.2 Å². The van der Waals surface area contributed by atoms with Crippen LogP contribution >= 0.6 is 15.9 Å². The van der Waals surface area contributed by atoms with Crippen molar-refractivity contribution in [1.82, 2.24) is 5.32 Å². The van der Waals surface area contributed by atoms with E-state index >= 15 is 0 Å². The summed E-state index contributed by atoms with van der Waals surface area (Å²) in [5.41, 5.74) is 2.67. The van der Waals surface area contributed by atoms with Crippen LogP contribution in [0.4, 0.5) is 5.69 Å². The van der Waals surface area contributed by atoms with E-state index in [2.05, 4.69) is 58.2 Å². The Morgan fingerprint density at radius 3 is 2.83 bits per heavy atom. The molecule has 0 amide bonds. The average molecular weight is 311 g/mol. The second-order valence-electron chi connectivity index (χ2n) is 5.41. The van der Waals surface area contributed by atoms with E-state index in [4.69, 9.17) is 0 Å². The lowest BCUT2D eigenvalue weighted by atomic mass is 9.99. The van der Waals surface area contributed by atoms with Crippen molar-refractivity contribution < 1.29 is 0 Å². The van der Waals surface area contributed by atoms with E-state index in [1.54, 1.807) is 0 Å². The molecule has 1 fully saturated rings. The molecule has 2 nitrogen and oxygen atoms in total. The Bertz CT molecular complexity index is 405. The highest BCUT2D eigenvalue weighted by Gasteiger charge is 2.17. The van der Waals surface area contributed by atoms with E-state index in [1.807, 2.05) is 7.05 Å². The van der Waals surface area contributed by atoms with Crippen molar-refractivity contribution in [2.45, 2.75) is 32.7 Å². The van der Waals surface area contributed by atoms with Crippen molar-refractivity contribution >= 4 is 21.6 Å². The van der Waals surface area contributed by atoms with Crippen molar-refractivity contribution in [2.75, 3.05) is 25.0 Å². The van der Waals surface area contributed by atoms with Gasteiger partial charge in [0.25, 0.3) is 0 Å². The lowest BCUT2D eigenvalue weighted by molar-refractivity contribution is 0.447. The quantitative estimate of drug-likeness (QED) is 0.909.